The molecule has 2 fully saturated rings. The number of hydrogen-bond acceptors (Lipinski definition) is 6. The van der Waals surface area contributed by atoms with Gasteiger partial charge in [-0.15, -0.1) is 0 Å². The second-order valence-electron chi connectivity index (χ2n) is 13.2. The summed E-state index contributed by atoms with van der Waals surface area (Å²) in [4.78, 5) is 25.7. The number of ether oxygens (including phenoxy) is 1. The maximum Gasteiger partial charge on any atom is 0.306 e. The van der Waals surface area contributed by atoms with E-state index >= 15 is 0 Å². The summed E-state index contributed by atoms with van der Waals surface area (Å²) in [7, 11) is 0. The lowest BCUT2D eigenvalue weighted by atomic mass is 9.63. The standard InChI is InChI=1S/C32H50O6/c1-5-6-7-8-9-10-11-12-13-14-15-18-26(33)38-25-21-31(36)23(27-29(3,4)32(25,27)37)17-16-19-30(35)24(31)20-22(2)28(30)34/h16-17,20,23-25,27,35-37H,5-15,18-19,21H2,1-4H3/t23?,24?,25-,27?,30-,31-,32+/m0/s1. The fourth-order valence-electron chi connectivity index (χ4n) is 8.04. The lowest BCUT2D eigenvalue weighted by Crippen LogP contribution is -2.61. The maximum atomic E-state index is 12.9. The lowest BCUT2D eigenvalue weighted by Gasteiger charge is -2.48. The van der Waals surface area contributed by atoms with Gasteiger partial charge >= 0.3 is 5.97 Å². The normalized spacial score (nSPS) is 38.6. The number of rotatable bonds is 13. The molecule has 0 bridgehead atoms. The molecular formula is C32H50O6. The third kappa shape index (κ3) is 4.94. The third-order valence-corrected chi connectivity index (χ3v) is 10.4. The first-order valence-corrected chi connectivity index (χ1v) is 15.2. The first-order chi connectivity index (χ1) is 17.9. The molecule has 38 heavy (non-hydrogen) atoms. The molecule has 0 radical (unpaired) electrons. The number of hydrogen-bond donors (Lipinski definition) is 3. The van der Waals surface area contributed by atoms with Gasteiger partial charge in [0.05, 0.1) is 5.60 Å². The third-order valence-electron chi connectivity index (χ3n) is 10.4. The second kappa shape index (κ2) is 11.2. The maximum absolute atomic E-state index is 12.9. The Morgan fingerprint density at radius 2 is 1.55 bits per heavy atom. The first-order valence-electron chi connectivity index (χ1n) is 15.2. The quantitative estimate of drug-likeness (QED) is 0.163. The van der Waals surface area contributed by atoms with Crippen molar-refractivity contribution in [2.45, 2.75) is 140 Å². The highest BCUT2D eigenvalue weighted by molar-refractivity contribution is 6.04. The van der Waals surface area contributed by atoms with Gasteiger partial charge < -0.3 is 20.1 Å². The molecule has 0 aliphatic heterocycles. The van der Waals surface area contributed by atoms with Gasteiger partial charge in [-0.2, -0.15) is 0 Å². The fourth-order valence-corrected chi connectivity index (χ4v) is 8.04. The molecule has 6 heteroatoms. The van der Waals surface area contributed by atoms with Crippen molar-refractivity contribution in [2.75, 3.05) is 0 Å². The van der Waals surface area contributed by atoms with Crippen LogP contribution in [0.15, 0.2) is 23.8 Å². The molecule has 6 nitrogen and oxygen atoms in total. The number of carbonyl (C=O) groups excluding carboxylic acids is 2. The van der Waals surface area contributed by atoms with Gasteiger partial charge in [-0.3, -0.25) is 9.59 Å². The van der Waals surface area contributed by atoms with Crippen LogP contribution in [0.1, 0.15) is 118 Å². The molecule has 0 heterocycles. The minimum atomic E-state index is -1.71. The molecule has 0 amide bonds. The number of carbonyl (C=O) groups is 2. The van der Waals surface area contributed by atoms with E-state index < -0.39 is 40.2 Å². The number of ketones is 1. The van der Waals surface area contributed by atoms with Crippen molar-refractivity contribution in [3.63, 3.8) is 0 Å². The molecule has 3 unspecified atom stereocenters. The van der Waals surface area contributed by atoms with Crippen LogP contribution in [-0.2, 0) is 14.3 Å². The summed E-state index contributed by atoms with van der Waals surface area (Å²) in [5, 5.41) is 35.2. The van der Waals surface area contributed by atoms with E-state index in [0.717, 1.165) is 19.3 Å². The Morgan fingerprint density at radius 3 is 2.16 bits per heavy atom. The van der Waals surface area contributed by atoms with Gasteiger partial charge in [0.1, 0.15) is 17.3 Å². The largest absolute Gasteiger partial charge is 0.459 e. The zero-order valence-electron chi connectivity index (χ0n) is 24.0. The highest BCUT2D eigenvalue weighted by Crippen LogP contribution is 2.74. The zero-order chi connectivity index (χ0) is 27.8. The van der Waals surface area contributed by atoms with Crippen LogP contribution in [0.2, 0.25) is 0 Å². The van der Waals surface area contributed by atoms with Gasteiger partial charge in [-0.1, -0.05) is 103 Å². The predicted octanol–water partition coefficient (Wildman–Crippen LogP) is 5.57. The molecule has 4 rings (SSSR count). The van der Waals surface area contributed by atoms with Crippen molar-refractivity contribution < 1.29 is 29.6 Å². The molecule has 0 aromatic carbocycles. The number of esters is 1. The Morgan fingerprint density at radius 1 is 0.974 bits per heavy atom. The van der Waals surface area contributed by atoms with Crippen LogP contribution in [0.3, 0.4) is 0 Å². The van der Waals surface area contributed by atoms with Crippen LogP contribution >= 0.6 is 0 Å². The smallest absolute Gasteiger partial charge is 0.306 e. The molecular weight excluding hydrogens is 480 g/mol. The summed E-state index contributed by atoms with van der Waals surface area (Å²) in [5.74, 6) is -2.30. The summed E-state index contributed by atoms with van der Waals surface area (Å²) in [6.07, 6.45) is 18.0. The average molecular weight is 531 g/mol. The van der Waals surface area contributed by atoms with E-state index in [9.17, 15) is 24.9 Å². The molecule has 4 aliphatic rings. The fraction of sp³-hybridized carbons (Fsp3) is 0.812. The van der Waals surface area contributed by atoms with E-state index in [2.05, 4.69) is 6.92 Å². The van der Waals surface area contributed by atoms with Crippen molar-refractivity contribution in [3.8, 4) is 0 Å². The van der Waals surface area contributed by atoms with E-state index in [0.29, 0.717) is 12.0 Å². The molecule has 3 N–H and O–H groups in total. The van der Waals surface area contributed by atoms with Crippen molar-refractivity contribution in [3.05, 3.63) is 23.8 Å². The number of fused-ring (bicyclic) bond motifs is 5. The van der Waals surface area contributed by atoms with Crippen LogP contribution in [-0.4, -0.2) is 50.0 Å². The zero-order valence-corrected chi connectivity index (χ0v) is 24.0. The molecule has 4 aliphatic carbocycles. The summed E-state index contributed by atoms with van der Waals surface area (Å²) in [6, 6.07) is 0. The van der Waals surface area contributed by atoms with E-state index in [4.69, 9.17) is 4.74 Å². The van der Waals surface area contributed by atoms with Gasteiger partial charge in [-0.25, -0.2) is 0 Å². The molecule has 0 saturated heterocycles. The highest BCUT2D eigenvalue weighted by atomic mass is 16.6. The SMILES string of the molecule is CCCCCCCCCCCCCC(=O)O[C@H]1C[C@]2(O)C(C=CC[C@@]3(O)C(=O)C(C)=CC23)C2C(C)(C)[C@]21O. The predicted molar refractivity (Wildman–Crippen MR) is 147 cm³/mol. The molecule has 0 spiro atoms. The highest BCUT2D eigenvalue weighted by Gasteiger charge is 2.83. The number of unbranched alkanes of at least 4 members (excludes halogenated alkanes) is 10. The van der Waals surface area contributed by atoms with Gasteiger partial charge in [0, 0.05) is 42.4 Å². The van der Waals surface area contributed by atoms with E-state index in [1.807, 2.05) is 19.9 Å². The summed E-state index contributed by atoms with van der Waals surface area (Å²) in [5.41, 5.74) is -4.58. The minimum absolute atomic E-state index is 0.00747. The summed E-state index contributed by atoms with van der Waals surface area (Å²) >= 11 is 0. The molecule has 214 valence electrons. The summed E-state index contributed by atoms with van der Waals surface area (Å²) in [6.45, 7) is 7.79. The molecule has 0 aromatic heterocycles. The van der Waals surface area contributed by atoms with Crippen LogP contribution in [0.5, 0.6) is 0 Å². The Hall–Kier alpha value is -1.50. The molecule has 2 saturated carbocycles. The Balaban J connectivity index is 1.32. The molecule has 0 aromatic rings. The summed E-state index contributed by atoms with van der Waals surface area (Å²) < 4.78 is 5.91. The Kier molecular flexibility index (Phi) is 8.67. The van der Waals surface area contributed by atoms with Gasteiger partial charge in [0.15, 0.2) is 5.78 Å². The monoisotopic (exact) mass is 530 g/mol. The van der Waals surface area contributed by atoms with Crippen LogP contribution in [0, 0.1) is 23.2 Å². The van der Waals surface area contributed by atoms with E-state index in [1.165, 1.54) is 51.4 Å². The van der Waals surface area contributed by atoms with Gasteiger partial charge in [-0.05, 0) is 18.9 Å². The number of Topliss-reactive ketones (excluding diaryl/α,β-unsaturated/α-hetero) is 1. The first kappa shape index (κ1) is 29.5. The molecule has 7 atom stereocenters. The topological polar surface area (TPSA) is 104 Å². The minimum Gasteiger partial charge on any atom is -0.459 e. The lowest BCUT2D eigenvalue weighted by molar-refractivity contribution is -0.195. The Labute approximate surface area is 228 Å². The van der Waals surface area contributed by atoms with Crippen molar-refractivity contribution in [1.82, 2.24) is 0 Å². The Bertz CT molecular complexity index is 952. The van der Waals surface area contributed by atoms with Crippen LogP contribution < -0.4 is 0 Å². The van der Waals surface area contributed by atoms with E-state index in [1.54, 1.807) is 19.1 Å². The average Bonchev–Trinajstić information content (AvgIpc) is 3.26. The van der Waals surface area contributed by atoms with Crippen molar-refractivity contribution in [2.24, 2.45) is 23.2 Å². The van der Waals surface area contributed by atoms with Crippen molar-refractivity contribution in [1.29, 1.82) is 0 Å². The van der Waals surface area contributed by atoms with Crippen molar-refractivity contribution >= 4 is 11.8 Å². The van der Waals surface area contributed by atoms with Gasteiger partial charge in [0.2, 0.25) is 0 Å². The van der Waals surface area contributed by atoms with Crippen LogP contribution in [0.25, 0.3) is 0 Å². The van der Waals surface area contributed by atoms with E-state index in [-0.39, 0.29) is 30.5 Å². The second-order valence-corrected chi connectivity index (χ2v) is 13.2. The van der Waals surface area contributed by atoms with Gasteiger partial charge in [0.25, 0.3) is 0 Å². The van der Waals surface area contributed by atoms with Crippen LogP contribution in [0.4, 0.5) is 0 Å². The number of aliphatic hydroxyl groups is 3.